The van der Waals surface area contributed by atoms with E-state index in [0.717, 1.165) is 44.8 Å². The van der Waals surface area contributed by atoms with Gasteiger partial charge in [0.05, 0.1) is 38.7 Å². The van der Waals surface area contributed by atoms with Crippen LogP contribution in [0.3, 0.4) is 0 Å². The maximum Gasteiger partial charge on any atom is 0.356 e. The SMILES string of the molecule is Cc1nn2c(=O)n(C[C@H](F)CN3C4CCC3CC(OCc3ccc(F)c(F)c3)C4)c(=O)nc2n1C.Cn1cnn2c(=O)n(C[C@H](F)COS(C)(=O)=O)c(=O)nc12. The Labute approximate surface area is 314 Å². The van der Waals surface area contributed by atoms with Crippen LogP contribution in [-0.4, -0.2) is 111 Å². The smallest absolute Gasteiger partial charge is 0.356 e. The molecule has 0 amide bonds. The predicted molar refractivity (Wildman–Crippen MR) is 188 cm³/mol. The van der Waals surface area contributed by atoms with Gasteiger partial charge in [0.25, 0.3) is 10.1 Å². The molecule has 0 N–H and O–H groups in total. The highest BCUT2D eigenvalue weighted by atomic mass is 32.2. The van der Waals surface area contributed by atoms with E-state index in [0.29, 0.717) is 28.8 Å². The Bertz CT molecular complexity index is 2590. The second-order valence-electron chi connectivity index (χ2n) is 13.8. The largest absolute Gasteiger partial charge is 0.373 e. The fourth-order valence-electron chi connectivity index (χ4n) is 6.87. The van der Waals surface area contributed by atoms with Crippen molar-refractivity contribution in [1.29, 1.82) is 0 Å². The van der Waals surface area contributed by atoms with E-state index in [1.807, 2.05) is 0 Å². The topological polar surface area (TPSA) is 204 Å². The number of aromatic nitrogens is 10. The number of hydrogen-bond acceptors (Lipinski definition) is 13. The Balaban J connectivity index is 0.000000217. The summed E-state index contributed by atoms with van der Waals surface area (Å²) >= 11 is 0. The van der Waals surface area contributed by atoms with Crippen LogP contribution < -0.4 is 22.8 Å². The summed E-state index contributed by atoms with van der Waals surface area (Å²) in [5.74, 6) is -1.15. The normalized spacial score (nSPS) is 19.7. The van der Waals surface area contributed by atoms with Gasteiger partial charge in [-0.1, -0.05) is 6.07 Å². The molecule has 2 aliphatic heterocycles. The molecule has 0 saturated carbocycles. The van der Waals surface area contributed by atoms with Crippen molar-refractivity contribution in [2.75, 3.05) is 19.4 Å². The van der Waals surface area contributed by atoms with Crippen molar-refractivity contribution < 1.29 is 34.9 Å². The van der Waals surface area contributed by atoms with Gasteiger partial charge in [-0.25, -0.2) is 45.9 Å². The van der Waals surface area contributed by atoms with Crippen LogP contribution in [0.4, 0.5) is 17.6 Å². The van der Waals surface area contributed by atoms with Crippen LogP contribution in [0.1, 0.15) is 37.1 Å². The fraction of sp³-hybridized carbons (Fsp3) is 0.562. The van der Waals surface area contributed by atoms with Crippen LogP contribution in [-0.2, 0) is 52.8 Å². The average Bonchev–Trinajstić information content (AvgIpc) is 3.72. The van der Waals surface area contributed by atoms with Gasteiger partial charge in [-0.3, -0.25) is 13.7 Å². The number of fused-ring (bicyclic) bond motifs is 4. The Kier molecular flexibility index (Phi) is 11.7. The number of alkyl halides is 2. The molecule has 5 aromatic rings. The molecule has 4 aromatic heterocycles. The minimum absolute atomic E-state index is 0.0176. The van der Waals surface area contributed by atoms with Crippen molar-refractivity contribution in [2.45, 2.75) is 82.8 Å². The number of nitrogens with zero attached hydrogens (tertiary/aromatic N) is 11. The molecule has 2 saturated heterocycles. The second kappa shape index (κ2) is 16.2. The molecule has 1 aromatic carbocycles. The van der Waals surface area contributed by atoms with Crippen molar-refractivity contribution in [1.82, 2.24) is 52.4 Å². The highest BCUT2D eigenvalue weighted by Crippen LogP contribution is 2.37. The van der Waals surface area contributed by atoms with Crippen LogP contribution in [0.5, 0.6) is 0 Å². The highest BCUT2D eigenvalue weighted by molar-refractivity contribution is 7.85. The van der Waals surface area contributed by atoms with E-state index in [-0.39, 0.29) is 42.9 Å². The number of halogens is 4. The molecule has 56 heavy (non-hydrogen) atoms. The Morgan fingerprint density at radius 3 is 2.09 bits per heavy atom. The highest BCUT2D eigenvalue weighted by Gasteiger charge is 2.42. The Morgan fingerprint density at radius 1 is 0.857 bits per heavy atom. The standard InChI is InChI=1S/C23H27F3N6O3.C9H12FN5O5S/c1-13-28-32-21(29(13)2)27-22(33)31(23(32)34)11-15(24)10-30-16-4-5-17(30)9-18(8-16)35-12-14-3-6-19(25)20(26)7-14;1-13-5-11-15-7(13)12-8(16)14(9(15)17)3-6(10)4-20-21(2,18)19/h3,6-7,15-18H,4-5,8-12H2,1-2H3;5-6H,3-4H2,1-2H3/t15-,16?,17?,18?;6-/m10/s1. The van der Waals surface area contributed by atoms with Gasteiger partial charge in [0, 0.05) is 32.7 Å². The second-order valence-corrected chi connectivity index (χ2v) is 15.4. The average molecular weight is 814 g/mol. The Morgan fingerprint density at radius 2 is 1.46 bits per heavy atom. The van der Waals surface area contributed by atoms with Crippen LogP contribution >= 0.6 is 0 Å². The molecular formula is C32H39F4N11O8S. The van der Waals surface area contributed by atoms with Crippen LogP contribution in [0, 0.1) is 18.6 Å². The lowest BCUT2D eigenvalue weighted by Crippen LogP contribution is -2.49. The first-order valence-electron chi connectivity index (χ1n) is 17.4. The van der Waals surface area contributed by atoms with Crippen molar-refractivity contribution in [3.63, 3.8) is 0 Å². The summed E-state index contributed by atoms with van der Waals surface area (Å²) in [7, 11) is -0.621. The van der Waals surface area contributed by atoms with Gasteiger partial charge >= 0.3 is 22.8 Å². The Hall–Kier alpha value is -5.07. The summed E-state index contributed by atoms with van der Waals surface area (Å²) in [6.45, 7) is 0.0932. The molecule has 2 unspecified atom stereocenters. The third kappa shape index (κ3) is 8.81. The van der Waals surface area contributed by atoms with Gasteiger partial charge in [-0.05, 0) is 50.3 Å². The zero-order chi connectivity index (χ0) is 40.6. The molecule has 4 atom stereocenters. The van der Waals surface area contributed by atoms with E-state index in [4.69, 9.17) is 4.74 Å². The number of aryl methyl sites for hydroxylation is 3. The molecule has 0 spiro atoms. The molecule has 2 fully saturated rings. The van der Waals surface area contributed by atoms with E-state index in [9.17, 15) is 40.8 Å². The third-order valence-electron chi connectivity index (χ3n) is 9.69. The molecule has 0 aliphatic carbocycles. The first-order chi connectivity index (χ1) is 26.4. The van der Waals surface area contributed by atoms with E-state index in [2.05, 4.69) is 29.2 Å². The summed E-state index contributed by atoms with van der Waals surface area (Å²) in [4.78, 5) is 58.4. The molecule has 2 bridgehead atoms. The van der Waals surface area contributed by atoms with Crippen molar-refractivity contribution in [2.24, 2.45) is 14.1 Å². The zero-order valence-electron chi connectivity index (χ0n) is 30.7. The third-order valence-corrected chi connectivity index (χ3v) is 10.3. The van der Waals surface area contributed by atoms with E-state index in [1.165, 1.54) is 28.6 Å². The van der Waals surface area contributed by atoms with Gasteiger partial charge in [-0.2, -0.15) is 23.5 Å². The lowest BCUT2D eigenvalue weighted by Gasteiger charge is -2.39. The van der Waals surface area contributed by atoms with Gasteiger partial charge in [0.15, 0.2) is 11.6 Å². The van der Waals surface area contributed by atoms with Crippen molar-refractivity contribution in [3.05, 3.63) is 89.5 Å². The number of piperidine rings is 1. The van der Waals surface area contributed by atoms with Gasteiger partial charge in [-0.15, -0.1) is 14.1 Å². The van der Waals surface area contributed by atoms with E-state index >= 15 is 4.39 Å². The van der Waals surface area contributed by atoms with Crippen LogP contribution in [0.2, 0.25) is 0 Å². The van der Waals surface area contributed by atoms with Crippen LogP contribution in [0.25, 0.3) is 11.6 Å². The zero-order valence-corrected chi connectivity index (χ0v) is 31.5. The molecule has 0 radical (unpaired) electrons. The first kappa shape index (κ1) is 40.6. The number of benzene rings is 1. The minimum Gasteiger partial charge on any atom is -0.373 e. The summed E-state index contributed by atoms with van der Waals surface area (Å²) in [5, 5.41) is 7.79. The molecule has 6 heterocycles. The maximum absolute atomic E-state index is 15.1. The van der Waals surface area contributed by atoms with E-state index in [1.54, 1.807) is 14.0 Å². The van der Waals surface area contributed by atoms with Gasteiger partial charge in [0.2, 0.25) is 11.6 Å². The minimum atomic E-state index is -3.81. The summed E-state index contributed by atoms with van der Waals surface area (Å²) in [5.41, 5.74) is -2.77. The molecule has 304 valence electrons. The lowest BCUT2D eigenvalue weighted by molar-refractivity contribution is -0.0342. The molecular weight excluding hydrogens is 774 g/mol. The summed E-state index contributed by atoms with van der Waals surface area (Å²) in [6.07, 6.45) is 1.90. The molecule has 2 aliphatic rings. The maximum atomic E-state index is 15.1. The van der Waals surface area contributed by atoms with Gasteiger partial charge in [0.1, 0.15) is 24.5 Å². The van der Waals surface area contributed by atoms with Gasteiger partial charge < -0.3 is 9.30 Å². The van der Waals surface area contributed by atoms with Crippen molar-refractivity contribution >= 4 is 21.7 Å². The number of hydrogen-bond donors (Lipinski definition) is 0. The van der Waals surface area contributed by atoms with Crippen molar-refractivity contribution in [3.8, 4) is 0 Å². The molecule has 24 heteroatoms. The quantitative estimate of drug-likeness (QED) is 0.117. The van der Waals surface area contributed by atoms with E-state index < -0.39 is 76.6 Å². The first-order valence-corrected chi connectivity index (χ1v) is 19.2. The molecule has 7 rings (SSSR count). The molecule has 19 nitrogen and oxygen atoms in total. The predicted octanol–water partition coefficient (Wildman–Crippen LogP) is -0.369. The number of ether oxygens (including phenoxy) is 1. The monoisotopic (exact) mass is 813 g/mol. The van der Waals surface area contributed by atoms with Crippen LogP contribution in [0.15, 0.2) is 43.7 Å². The summed E-state index contributed by atoms with van der Waals surface area (Å²) < 4.78 is 93.1. The lowest BCUT2D eigenvalue weighted by atomic mass is 9.99. The number of rotatable bonds is 12. The summed E-state index contributed by atoms with van der Waals surface area (Å²) in [6, 6.07) is 3.97. The fourth-order valence-corrected chi connectivity index (χ4v) is 7.26.